The van der Waals surface area contributed by atoms with Gasteiger partial charge in [-0.25, -0.2) is 9.59 Å². The summed E-state index contributed by atoms with van der Waals surface area (Å²) in [5.74, 6) is -0.0517. The topological polar surface area (TPSA) is 118 Å². The molecular formula is C32H48N6O5. The number of hydrogen-bond acceptors (Lipinski definition) is 7. The van der Waals surface area contributed by atoms with E-state index in [1.165, 1.54) is 0 Å². The number of nitrogens with one attached hydrogen (secondary N) is 2. The van der Waals surface area contributed by atoms with Gasteiger partial charge in [-0.15, -0.1) is 0 Å². The van der Waals surface area contributed by atoms with E-state index in [0.29, 0.717) is 18.4 Å². The number of alkyl carbamates (subject to hydrolysis) is 1. The molecule has 11 nitrogen and oxygen atoms in total. The van der Waals surface area contributed by atoms with Crippen LogP contribution in [0.4, 0.5) is 4.79 Å². The first-order valence-corrected chi connectivity index (χ1v) is 15.8. The molecule has 1 aliphatic carbocycles. The summed E-state index contributed by atoms with van der Waals surface area (Å²) in [5.41, 5.74) is 1.96. The number of carbonyl (C=O) groups is 3. The molecule has 43 heavy (non-hydrogen) atoms. The summed E-state index contributed by atoms with van der Waals surface area (Å²) >= 11 is 0. The predicted octanol–water partition coefficient (Wildman–Crippen LogP) is 3.30. The summed E-state index contributed by atoms with van der Waals surface area (Å²) in [6.45, 7) is 9.46. The smallest absolute Gasteiger partial charge is 0.407 e. The fourth-order valence-electron chi connectivity index (χ4n) is 7.16. The highest BCUT2D eigenvalue weighted by Crippen LogP contribution is 2.29. The third-order valence-electron chi connectivity index (χ3n) is 9.40. The second kappa shape index (κ2) is 12.8. The Labute approximate surface area is 253 Å². The van der Waals surface area contributed by atoms with Crippen molar-refractivity contribution in [3.63, 3.8) is 0 Å². The fraction of sp³-hybridized carbons (Fsp3) is 0.688. The van der Waals surface area contributed by atoms with Gasteiger partial charge in [0.2, 0.25) is 11.8 Å². The van der Waals surface area contributed by atoms with Gasteiger partial charge in [0.1, 0.15) is 11.6 Å². The van der Waals surface area contributed by atoms with Crippen molar-refractivity contribution in [1.82, 2.24) is 29.6 Å². The van der Waals surface area contributed by atoms with Crippen LogP contribution in [-0.2, 0) is 27.9 Å². The second-order valence-corrected chi connectivity index (χ2v) is 13.8. The molecule has 11 heteroatoms. The maximum atomic E-state index is 13.3. The summed E-state index contributed by atoms with van der Waals surface area (Å²) in [7, 11) is 4.01. The highest BCUT2D eigenvalue weighted by molar-refractivity contribution is 6.00. The molecule has 0 spiro atoms. The van der Waals surface area contributed by atoms with Crippen LogP contribution in [0.2, 0.25) is 0 Å². The van der Waals surface area contributed by atoms with Gasteiger partial charge in [-0.05, 0) is 103 Å². The number of aryl methyl sites for hydroxylation is 1. The first-order valence-electron chi connectivity index (χ1n) is 15.8. The molecule has 2 aromatic rings. The number of benzene rings is 1. The number of fused-ring (bicyclic) bond motifs is 1. The van der Waals surface area contributed by atoms with Crippen molar-refractivity contribution in [2.24, 2.45) is 13.0 Å². The molecule has 1 aromatic carbocycles. The Bertz CT molecular complexity index is 1390. The minimum Gasteiger partial charge on any atom is -0.444 e. The average molecular weight is 597 g/mol. The van der Waals surface area contributed by atoms with Crippen LogP contribution in [0.1, 0.15) is 83.7 Å². The van der Waals surface area contributed by atoms with Crippen LogP contribution in [0.15, 0.2) is 23.0 Å². The first kappa shape index (κ1) is 31.3. The Morgan fingerprint density at radius 1 is 1.05 bits per heavy atom. The molecule has 2 aliphatic heterocycles. The number of hydrogen-bond donors (Lipinski definition) is 2. The molecule has 2 saturated heterocycles. The van der Waals surface area contributed by atoms with Gasteiger partial charge in [0.25, 0.3) is 0 Å². The number of nitrogens with zero attached hydrogens (tertiary/aromatic N) is 4. The Kier molecular flexibility index (Phi) is 9.31. The molecule has 1 saturated carbocycles. The number of likely N-dealkylation sites (tertiary alicyclic amines) is 1. The van der Waals surface area contributed by atoms with Gasteiger partial charge in [-0.1, -0.05) is 12.1 Å². The number of imide groups is 1. The predicted molar refractivity (Wildman–Crippen MR) is 165 cm³/mol. The van der Waals surface area contributed by atoms with Crippen LogP contribution in [0.3, 0.4) is 0 Å². The van der Waals surface area contributed by atoms with Gasteiger partial charge in [-0.2, -0.15) is 0 Å². The minimum absolute atomic E-state index is 0.199. The van der Waals surface area contributed by atoms with Crippen LogP contribution in [0.25, 0.3) is 11.0 Å². The van der Waals surface area contributed by atoms with Crippen LogP contribution in [0.5, 0.6) is 0 Å². The number of imidazole rings is 1. The van der Waals surface area contributed by atoms with E-state index in [1.807, 2.05) is 32.9 Å². The lowest BCUT2D eigenvalue weighted by Gasteiger charge is -2.39. The monoisotopic (exact) mass is 596 g/mol. The summed E-state index contributed by atoms with van der Waals surface area (Å²) in [6.07, 6.45) is 6.66. The average Bonchev–Trinajstić information content (AvgIpc) is 3.19. The van der Waals surface area contributed by atoms with E-state index in [0.717, 1.165) is 81.3 Å². The van der Waals surface area contributed by atoms with Crippen molar-refractivity contribution < 1.29 is 19.1 Å². The lowest BCUT2D eigenvalue weighted by atomic mass is 9.85. The third kappa shape index (κ3) is 7.32. The van der Waals surface area contributed by atoms with Gasteiger partial charge in [0, 0.05) is 38.6 Å². The maximum absolute atomic E-state index is 13.3. The largest absolute Gasteiger partial charge is 0.444 e. The van der Waals surface area contributed by atoms with Crippen molar-refractivity contribution in [3.05, 3.63) is 34.2 Å². The van der Waals surface area contributed by atoms with Crippen LogP contribution in [-0.4, -0.2) is 81.2 Å². The molecule has 1 atom stereocenters. The van der Waals surface area contributed by atoms with E-state index in [2.05, 4.69) is 33.5 Å². The Balaban J connectivity index is 1.13. The molecule has 3 aliphatic rings. The molecule has 3 heterocycles. The molecule has 1 unspecified atom stereocenters. The molecule has 3 fully saturated rings. The molecule has 0 bridgehead atoms. The zero-order valence-corrected chi connectivity index (χ0v) is 26.4. The Hall–Kier alpha value is -3.18. The minimum atomic E-state index is -0.674. The van der Waals surface area contributed by atoms with Gasteiger partial charge in [0.05, 0.1) is 11.0 Å². The van der Waals surface area contributed by atoms with Crippen molar-refractivity contribution in [2.75, 3.05) is 26.7 Å². The number of carbonyl (C=O) groups excluding carboxylic acids is 3. The van der Waals surface area contributed by atoms with Crippen molar-refractivity contribution >= 4 is 28.9 Å². The highest BCUT2D eigenvalue weighted by atomic mass is 16.6. The molecule has 5 rings (SSSR count). The molecule has 3 amide bonds. The van der Waals surface area contributed by atoms with E-state index in [1.54, 1.807) is 16.2 Å². The first-order chi connectivity index (χ1) is 20.4. The number of rotatable bonds is 7. The molecule has 236 valence electrons. The van der Waals surface area contributed by atoms with Gasteiger partial charge in [0.15, 0.2) is 0 Å². The summed E-state index contributed by atoms with van der Waals surface area (Å²) in [5, 5.41) is 5.43. The second-order valence-electron chi connectivity index (χ2n) is 13.8. The standard InChI is InChI=1S/C32H48N6O5/c1-32(2,3)43-30(41)33-23-11-9-21(10-12-23)19-35(4)24-15-17-37(18-16-24)20-22-7-6-8-25-28(22)36(5)31(42)38(25)26-13-14-27(39)34-29(26)40/h6-8,21,23-24,26H,9-20H2,1-5H3,(H,33,41)(H,34,39,40)/t21-,23-,26?. The fourth-order valence-corrected chi connectivity index (χ4v) is 7.16. The lowest BCUT2D eigenvalue weighted by molar-refractivity contribution is -0.135. The zero-order valence-electron chi connectivity index (χ0n) is 26.4. The summed E-state index contributed by atoms with van der Waals surface area (Å²) < 4.78 is 8.62. The van der Waals surface area contributed by atoms with E-state index in [-0.39, 0.29) is 30.2 Å². The van der Waals surface area contributed by atoms with E-state index in [4.69, 9.17) is 4.74 Å². The van der Waals surface area contributed by atoms with Crippen molar-refractivity contribution in [2.45, 2.75) is 102 Å². The quantitative estimate of drug-likeness (QED) is 0.471. The van der Waals surface area contributed by atoms with Gasteiger partial charge >= 0.3 is 11.8 Å². The van der Waals surface area contributed by atoms with E-state index >= 15 is 0 Å². The molecule has 1 aromatic heterocycles. The normalized spacial score (nSPS) is 24.4. The van der Waals surface area contributed by atoms with Crippen LogP contribution < -0.4 is 16.3 Å². The van der Waals surface area contributed by atoms with E-state index < -0.39 is 17.6 Å². The van der Waals surface area contributed by atoms with Crippen LogP contribution in [0, 0.1) is 5.92 Å². The molecule has 2 N–H and O–H groups in total. The number of piperidine rings is 2. The number of aromatic nitrogens is 2. The Morgan fingerprint density at radius 3 is 2.40 bits per heavy atom. The lowest BCUT2D eigenvalue weighted by Crippen LogP contribution is -2.46. The van der Waals surface area contributed by atoms with E-state index in [9.17, 15) is 19.2 Å². The molecular weight excluding hydrogens is 548 g/mol. The third-order valence-corrected chi connectivity index (χ3v) is 9.40. The van der Waals surface area contributed by atoms with Gasteiger partial charge in [-0.3, -0.25) is 28.9 Å². The SMILES string of the molecule is CN(C[C@H]1CC[C@H](NC(=O)OC(C)(C)C)CC1)C1CCN(Cc2cccc3c2n(C)c(=O)n3C2CCC(=O)NC2=O)CC1. The number of para-hydroxylation sites is 1. The van der Waals surface area contributed by atoms with Crippen molar-refractivity contribution in [1.29, 1.82) is 0 Å². The number of amides is 3. The Morgan fingerprint density at radius 2 is 1.74 bits per heavy atom. The van der Waals surface area contributed by atoms with Gasteiger partial charge < -0.3 is 15.0 Å². The zero-order chi connectivity index (χ0) is 30.9. The van der Waals surface area contributed by atoms with Crippen LogP contribution >= 0.6 is 0 Å². The number of ether oxygens (including phenoxy) is 1. The summed E-state index contributed by atoms with van der Waals surface area (Å²) in [6, 6.07) is 5.99. The highest BCUT2D eigenvalue weighted by Gasteiger charge is 2.32. The molecule has 0 radical (unpaired) electrons. The van der Waals surface area contributed by atoms with Crippen molar-refractivity contribution in [3.8, 4) is 0 Å². The summed E-state index contributed by atoms with van der Waals surface area (Å²) in [4.78, 5) is 54.7. The maximum Gasteiger partial charge on any atom is 0.407 e.